The molecule has 0 unspecified atom stereocenters. The van der Waals surface area contributed by atoms with Crippen LogP contribution in [0.2, 0.25) is 5.02 Å². The molecule has 3 nitrogen and oxygen atoms in total. The molecule has 23 heavy (non-hydrogen) atoms. The molecular weight excluding hydrogens is 308 g/mol. The van der Waals surface area contributed by atoms with E-state index in [9.17, 15) is 0 Å². The van der Waals surface area contributed by atoms with Crippen molar-refractivity contribution in [2.24, 2.45) is 4.99 Å². The summed E-state index contributed by atoms with van der Waals surface area (Å²) in [5.74, 6) is 0.677. The second-order valence-corrected chi connectivity index (χ2v) is 5.70. The van der Waals surface area contributed by atoms with Gasteiger partial charge in [0.1, 0.15) is 11.4 Å². The SMILES string of the molecule is CCN(CC)c1ccc(C=Nc2cc(C)c(Cl)cc2OC)cc1. The molecule has 0 spiro atoms. The molecule has 0 heterocycles. The van der Waals surface area contributed by atoms with Crippen LogP contribution in [0.25, 0.3) is 0 Å². The van der Waals surface area contributed by atoms with E-state index in [0.717, 1.165) is 29.9 Å². The van der Waals surface area contributed by atoms with E-state index in [0.29, 0.717) is 10.8 Å². The van der Waals surface area contributed by atoms with E-state index in [-0.39, 0.29) is 0 Å². The maximum Gasteiger partial charge on any atom is 0.145 e. The van der Waals surface area contributed by atoms with E-state index in [4.69, 9.17) is 16.3 Å². The van der Waals surface area contributed by atoms with Gasteiger partial charge in [0.05, 0.1) is 7.11 Å². The van der Waals surface area contributed by atoms with Gasteiger partial charge in [0.25, 0.3) is 0 Å². The predicted octanol–water partition coefficient (Wildman–Crippen LogP) is 5.25. The smallest absolute Gasteiger partial charge is 0.145 e. The lowest BCUT2D eigenvalue weighted by molar-refractivity contribution is 0.416. The van der Waals surface area contributed by atoms with Gasteiger partial charge in [-0.2, -0.15) is 0 Å². The number of halogens is 1. The molecule has 0 aliphatic rings. The Kier molecular flexibility index (Phi) is 6.05. The normalized spacial score (nSPS) is 11.0. The van der Waals surface area contributed by atoms with Crippen molar-refractivity contribution in [1.82, 2.24) is 0 Å². The number of hydrogen-bond donors (Lipinski definition) is 0. The monoisotopic (exact) mass is 330 g/mol. The summed E-state index contributed by atoms with van der Waals surface area (Å²) in [5, 5.41) is 0.685. The van der Waals surface area contributed by atoms with Crippen molar-refractivity contribution in [3.8, 4) is 5.75 Å². The largest absolute Gasteiger partial charge is 0.494 e. The third kappa shape index (κ3) is 4.26. The number of aryl methyl sites for hydroxylation is 1. The number of benzene rings is 2. The molecule has 0 N–H and O–H groups in total. The lowest BCUT2D eigenvalue weighted by atomic mass is 10.2. The van der Waals surface area contributed by atoms with E-state index in [2.05, 4.69) is 48.0 Å². The topological polar surface area (TPSA) is 24.8 Å². The van der Waals surface area contributed by atoms with Crippen molar-refractivity contribution < 1.29 is 4.74 Å². The van der Waals surface area contributed by atoms with E-state index in [1.54, 1.807) is 13.2 Å². The Bertz CT molecular complexity index is 677. The first kappa shape index (κ1) is 17.4. The summed E-state index contributed by atoms with van der Waals surface area (Å²) in [6.07, 6.45) is 1.84. The minimum Gasteiger partial charge on any atom is -0.494 e. The van der Waals surface area contributed by atoms with Crippen molar-refractivity contribution in [2.45, 2.75) is 20.8 Å². The first-order valence-electron chi connectivity index (χ1n) is 7.82. The molecule has 2 aromatic rings. The molecule has 0 aliphatic heterocycles. The molecule has 0 radical (unpaired) electrons. The second-order valence-electron chi connectivity index (χ2n) is 5.30. The number of hydrogen-bond acceptors (Lipinski definition) is 3. The molecular formula is C19H23ClN2O. The number of aliphatic imine (C=N–C) groups is 1. The van der Waals surface area contributed by atoms with Crippen molar-refractivity contribution in [1.29, 1.82) is 0 Å². The van der Waals surface area contributed by atoms with Crippen molar-refractivity contribution in [2.75, 3.05) is 25.1 Å². The first-order chi connectivity index (χ1) is 11.1. The Morgan fingerprint density at radius 3 is 2.35 bits per heavy atom. The Balaban J connectivity index is 2.22. The molecule has 0 aromatic heterocycles. The molecule has 4 heteroatoms. The van der Waals surface area contributed by atoms with Crippen molar-refractivity contribution in [3.63, 3.8) is 0 Å². The molecule has 0 atom stereocenters. The van der Waals surface area contributed by atoms with Gasteiger partial charge in [-0.3, -0.25) is 4.99 Å². The van der Waals surface area contributed by atoms with E-state index in [1.807, 2.05) is 19.2 Å². The highest BCUT2D eigenvalue weighted by Gasteiger charge is 2.05. The molecule has 122 valence electrons. The lowest BCUT2D eigenvalue weighted by Crippen LogP contribution is -2.21. The predicted molar refractivity (Wildman–Crippen MR) is 100.0 cm³/mol. The third-order valence-corrected chi connectivity index (χ3v) is 4.24. The lowest BCUT2D eigenvalue weighted by Gasteiger charge is -2.20. The number of anilines is 1. The van der Waals surface area contributed by atoms with E-state index < -0.39 is 0 Å². The van der Waals surface area contributed by atoms with Gasteiger partial charge in [-0.1, -0.05) is 23.7 Å². The molecule has 2 aromatic carbocycles. The standard InChI is InChI=1S/C19H23ClN2O/c1-5-22(6-2)16-9-7-15(8-10-16)13-21-18-11-14(3)17(20)12-19(18)23-4/h7-13H,5-6H2,1-4H3. The maximum absolute atomic E-state index is 6.12. The zero-order valence-corrected chi connectivity index (χ0v) is 14.9. The second kappa shape index (κ2) is 8.02. The van der Waals surface area contributed by atoms with Gasteiger partial charge < -0.3 is 9.64 Å². The highest BCUT2D eigenvalue weighted by Crippen LogP contribution is 2.33. The van der Waals surface area contributed by atoms with Crippen LogP contribution in [-0.4, -0.2) is 26.4 Å². The number of methoxy groups -OCH3 is 1. The molecule has 0 fully saturated rings. The summed E-state index contributed by atoms with van der Waals surface area (Å²) in [7, 11) is 1.62. The average molecular weight is 331 g/mol. The quantitative estimate of drug-likeness (QED) is 0.675. The Labute approximate surface area is 143 Å². The molecule has 0 amide bonds. The van der Waals surface area contributed by atoms with Crippen LogP contribution in [0.3, 0.4) is 0 Å². The zero-order valence-electron chi connectivity index (χ0n) is 14.1. The zero-order chi connectivity index (χ0) is 16.8. The van der Waals surface area contributed by atoms with Gasteiger partial charge in [-0.05, 0) is 50.1 Å². The molecule has 0 saturated carbocycles. The average Bonchev–Trinajstić information content (AvgIpc) is 2.57. The van der Waals surface area contributed by atoms with Gasteiger partial charge >= 0.3 is 0 Å². The summed E-state index contributed by atoms with van der Waals surface area (Å²) in [4.78, 5) is 6.85. The van der Waals surface area contributed by atoms with Crippen LogP contribution in [0.5, 0.6) is 5.75 Å². The molecule has 2 rings (SSSR count). The number of nitrogens with zero attached hydrogens (tertiary/aromatic N) is 2. The fourth-order valence-electron chi connectivity index (χ4n) is 2.42. The third-order valence-electron chi connectivity index (χ3n) is 3.83. The summed E-state index contributed by atoms with van der Waals surface area (Å²) in [5.41, 5.74) is 4.04. The molecule has 0 bridgehead atoms. The Morgan fingerprint density at radius 2 is 1.78 bits per heavy atom. The number of rotatable bonds is 6. The van der Waals surface area contributed by atoms with Crippen LogP contribution >= 0.6 is 11.6 Å². The van der Waals surface area contributed by atoms with Gasteiger partial charge in [0, 0.05) is 36.1 Å². The van der Waals surface area contributed by atoms with Crippen molar-refractivity contribution in [3.05, 3.63) is 52.5 Å². The van der Waals surface area contributed by atoms with Crippen LogP contribution in [-0.2, 0) is 0 Å². The Morgan fingerprint density at radius 1 is 1.13 bits per heavy atom. The fourth-order valence-corrected chi connectivity index (χ4v) is 2.57. The van der Waals surface area contributed by atoms with Crippen LogP contribution in [0.1, 0.15) is 25.0 Å². The summed E-state index contributed by atoms with van der Waals surface area (Å²) in [6, 6.07) is 12.1. The van der Waals surface area contributed by atoms with Crippen LogP contribution < -0.4 is 9.64 Å². The first-order valence-corrected chi connectivity index (χ1v) is 8.20. The van der Waals surface area contributed by atoms with Gasteiger partial charge in [0.15, 0.2) is 0 Å². The highest BCUT2D eigenvalue weighted by molar-refractivity contribution is 6.31. The fraction of sp³-hybridized carbons (Fsp3) is 0.316. The van der Waals surface area contributed by atoms with Crippen molar-refractivity contribution >= 4 is 29.2 Å². The maximum atomic E-state index is 6.12. The number of ether oxygens (including phenoxy) is 1. The van der Waals surface area contributed by atoms with Gasteiger partial charge in [-0.25, -0.2) is 0 Å². The van der Waals surface area contributed by atoms with E-state index >= 15 is 0 Å². The van der Waals surface area contributed by atoms with Crippen LogP contribution in [0, 0.1) is 6.92 Å². The summed E-state index contributed by atoms with van der Waals surface area (Å²) >= 11 is 6.12. The Hall–Kier alpha value is -2.00. The van der Waals surface area contributed by atoms with Gasteiger partial charge in [0.2, 0.25) is 0 Å². The summed E-state index contributed by atoms with van der Waals surface area (Å²) < 4.78 is 5.34. The van der Waals surface area contributed by atoms with Gasteiger partial charge in [-0.15, -0.1) is 0 Å². The molecule has 0 aliphatic carbocycles. The molecule has 0 saturated heterocycles. The van der Waals surface area contributed by atoms with Crippen LogP contribution in [0.4, 0.5) is 11.4 Å². The minimum atomic E-state index is 0.677. The highest BCUT2D eigenvalue weighted by atomic mass is 35.5. The van der Waals surface area contributed by atoms with E-state index in [1.165, 1.54) is 5.69 Å². The summed E-state index contributed by atoms with van der Waals surface area (Å²) in [6.45, 7) is 8.29. The van der Waals surface area contributed by atoms with Crippen LogP contribution in [0.15, 0.2) is 41.4 Å². The minimum absolute atomic E-state index is 0.677.